The quantitative estimate of drug-likeness (QED) is 0.856. The number of nitrogen functional groups attached to an aromatic ring is 1. The van der Waals surface area contributed by atoms with Gasteiger partial charge in [0.05, 0.1) is 0 Å². The number of nitrogens with one attached hydrogen (secondary N) is 1. The van der Waals surface area contributed by atoms with E-state index >= 15 is 0 Å². The molecule has 0 bridgehead atoms. The molecule has 0 aromatic heterocycles. The summed E-state index contributed by atoms with van der Waals surface area (Å²) in [6.45, 7) is 3.71. The largest absolute Gasteiger partial charge is 0.394 e. The van der Waals surface area contributed by atoms with E-state index in [2.05, 4.69) is 4.72 Å². The Hall–Kier alpha value is -2.15. The van der Waals surface area contributed by atoms with Gasteiger partial charge in [0.25, 0.3) is 10.0 Å². The number of hydrogen-bond acceptors (Lipinski definition) is 3. The number of rotatable bonds is 3. The van der Waals surface area contributed by atoms with Gasteiger partial charge in [-0.1, -0.05) is 6.07 Å². The first kappa shape index (κ1) is 15.2. The van der Waals surface area contributed by atoms with Gasteiger partial charge in [0.15, 0.2) is 5.82 Å². The van der Waals surface area contributed by atoms with Crippen molar-refractivity contribution in [3.8, 4) is 0 Å². The highest BCUT2D eigenvalue weighted by molar-refractivity contribution is 7.92. The van der Waals surface area contributed by atoms with Crippen LogP contribution in [0.15, 0.2) is 35.2 Å². The molecule has 0 saturated heterocycles. The third kappa shape index (κ3) is 2.97. The normalized spacial score (nSPS) is 11.4. The third-order valence-electron chi connectivity index (χ3n) is 3.14. The Morgan fingerprint density at radius 1 is 1.05 bits per heavy atom. The zero-order chi connectivity index (χ0) is 15.8. The van der Waals surface area contributed by atoms with Crippen molar-refractivity contribution >= 4 is 21.4 Å². The van der Waals surface area contributed by atoms with Crippen LogP contribution in [-0.2, 0) is 10.0 Å². The average Bonchev–Trinajstić information content (AvgIpc) is 2.39. The van der Waals surface area contributed by atoms with Gasteiger partial charge in [0, 0.05) is 5.69 Å². The van der Waals surface area contributed by atoms with E-state index in [0.29, 0.717) is 5.69 Å². The van der Waals surface area contributed by atoms with Crippen LogP contribution >= 0.6 is 0 Å². The zero-order valence-corrected chi connectivity index (χ0v) is 12.3. The van der Waals surface area contributed by atoms with E-state index in [9.17, 15) is 17.2 Å². The lowest BCUT2D eigenvalue weighted by Gasteiger charge is -2.11. The van der Waals surface area contributed by atoms with Gasteiger partial charge in [-0.25, -0.2) is 17.2 Å². The van der Waals surface area contributed by atoms with E-state index in [0.717, 1.165) is 23.3 Å². The Balaban J connectivity index is 2.43. The molecule has 0 radical (unpaired) electrons. The highest BCUT2D eigenvalue weighted by Gasteiger charge is 2.22. The molecular formula is C14H14F2N2O2S. The van der Waals surface area contributed by atoms with Gasteiger partial charge < -0.3 is 5.73 Å². The first-order valence-corrected chi connectivity index (χ1v) is 7.54. The summed E-state index contributed by atoms with van der Waals surface area (Å²) in [6, 6.07) is 6.57. The van der Waals surface area contributed by atoms with Crippen LogP contribution in [0.5, 0.6) is 0 Å². The average molecular weight is 312 g/mol. The summed E-state index contributed by atoms with van der Waals surface area (Å²) >= 11 is 0. The van der Waals surface area contributed by atoms with Crippen molar-refractivity contribution in [1.82, 2.24) is 0 Å². The fourth-order valence-electron chi connectivity index (χ4n) is 1.77. The molecule has 2 aromatic carbocycles. The van der Waals surface area contributed by atoms with Gasteiger partial charge in [-0.3, -0.25) is 4.72 Å². The Morgan fingerprint density at radius 3 is 2.33 bits per heavy atom. The second kappa shape index (κ2) is 5.33. The summed E-state index contributed by atoms with van der Waals surface area (Å²) in [6.07, 6.45) is 0. The first-order chi connectivity index (χ1) is 9.72. The molecule has 0 heterocycles. The Labute approximate surface area is 121 Å². The summed E-state index contributed by atoms with van der Waals surface area (Å²) in [4.78, 5) is -0.695. The smallest absolute Gasteiger partial charge is 0.264 e. The summed E-state index contributed by atoms with van der Waals surface area (Å²) < 4.78 is 53.5. The molecule has 0 aliphatic heterocycles. The van der Waals surface area contributed by atoms with Crippen molar-refractivity contribution in [2.75, 3.05) is 10.5 Å². The molecule has 0 unspecified atom stereocenters. The Bertz CT molecular complexity index is 805. The number of halogens is 2. The standard InChI is InChI=1S/C14H14F2N2O2S/c1-8-3-4-10(7-9(8)2)18-21(19,20)12-6-5-11(15)14(17)13(12)16/h3-7,18H,17H2,1-2H3. The first-order valence-electron chi connectivity index (χ1n) is 6.06. The SMILES string of the molecule is Cc1ccc(NS(=O)(=O)c2ccc(F)c(N)c2F)cc1C. The van der Waals surface area contributed by atoms with Gasteiger partial charge >= 0.3 is 0 Å². The van der Waals surface area contributed by atoms with Crippen molar-refractivity contribution < 1.29 is 17.2 Å². The van der Waals surface area contributed by atoms with Crippen LogP contribution in [0.1, 0.15) is 11.1 Å². The van der Waals surface area contributed by atoms with Crippen LogP contribution in [0.25, 0.3) is 0 Å². The predicted molar refractivity (Wildman–Crippen MR) is 77.5 cm³/mol. The highest BCUT2D eigenvalue weighted by atomic mass is 32.2. The number of anilines is 2. The maximum atomic E-state index is 13.8. The predicted octanol–water partition coefficient (Wildman–Crippen LogP) is 2.96. The second-order valence-corrected chi connectivity index (χ2v) is 6.33. The fourth-order valence-corrected chi connectivity index (χ4v) is 2.91. The number of hydrogen-bond donors (Lipinski definition) is 2. The van der Waals surface area contributed by atoms with Gasteiger partial charge in [-0.05, 0) is 49.2 Å². The molecule has 3 N–H and O–H groups in total. The molecule has 0 amide bonds. The van der Waals surface area contributed by atoms with Crippen LogP contribution < -0.4 is 10.5 Å². The van der Waals surface area contributed by atoms with Crippen molar-refractivity contribution in [3.05, 3.63) is 53.1 Å². The maximum absolute atomic E-state index is 13.8. The van der Waals surface area contributed by atoms with Crippen LogP contribution in [-0.4, -0.2) is 8.42 Å². The van der Waals surface area contributed by atoms with E-state index < -0.39 is 32.2 Å². The summed E-state index contributed by atoms with van der Waals surface area (Å²) in [7, 11) is -4.18. The van der Waals surface area contributed by atoms with Crippen LogP contribution in [0.2, 0.25) is 0 Å². The van der Waals surface area contributed by atoms with Crippen LogP contribution in [0, 0.1) is 25.5 Å². The molecule has 2 aromatic rings. The number of sulfonamides is 1. The van der Waals surface area contributed by atoms with E-state index in [1.165, 1.54) is 0 Å². The fraction of sp³-hybridized carbons (Fsp3) is 0.143. The molecule has 0 spiro atoms. The van der Waals surface area contributed by atoms with Crippen LogP contribution in [0.3, 0.4) is 0 Å². The van der Waals surface area contributed by atoms with E-state index in [4.69, 9.17) is 5.73 Å². The molecule has 0 aliphatic carbocycles. The number of aryl methyl sites for hydroxylation is 2. The monoisotopic (exact) mass is 312 g/mol. The lowest BCUT2D eigenvalue weighted by Crippen LogP contribution is -2.16. The van der Waals surface area contributed by atoms with Crippen molar-refractivity contribution in [2.45, 2.75) is 18.7 Å². The van der Waals surface area contributed by atoms with E-state index in [1.807, 2.05) is 13.8 Å². The summed E-state index contributed by atoms with van der Waals surface area (Å²) in [5, 5.41) is 0. The summed E-state index contributed by atoms with van der Waals surface area (Å²) in [5.41, 5.74) is 6.52. The van der Waals surface area contributed by atoms with Gasteiger partial charge in [0.2, 0.25) is 0 Å². The molecule has 4 nitrogen and oxygen atoms in total. The lowest BCUT2D eigenvalue weighted by molar-refractivity contribution is 0.557. The minimum atomic E-state index is -4.18. The van der Waals surface area contributed by atoms with E-state index in [1.54, 1.807) is 18.2 Å². The maximum Gasteiger partial charge on any atom is 0.264 e. The van der Waals surface area contributed by atoms with Gasteiger partial charge in [0.1, 0.15) is 16.4 Å². The van der Waals surface area contributed by atoms with Crippen molar-refractivity contribution in [1.29, 1.82) is 0 Å². The van der Waals surface area contributed by atoms with Crippen LogP contribution in [0.4, 0.5) is 20.2 Å². The van der Waals surface area contributed by atoms with Gasteiger partial charge in [-0.2, -0.15) is 0 Å². The summed E-state index contributed by atoms with van der Waals surface area (Å²) in [5.74, 6) is -2.30. The molecule has 0 saturated carbocycles. The topological polar surface area (TPSA) is 72.2 Å². The molecule has 21 heavy (non-hydrogen) atoms. The molecule has 2 rings (SSSR count). The molecule has 7 heteroatoms. The van der Waals surface area contributed by atoms with Gasteiger partial charge in [-0.15, -0.1) is 0 Å². The molecule has 0 atom stereocenters. The van der Waals surface area contributed by atoms with E-state index in [-0.39, 0.29) is 0 Å². The Morgan fingerprint density at radius 2 is 1.71 bits per heavy atom. The minimum Gasteiger partial charge on any atom is -0.394 e. The number of benzene rings is 2. The minimum absolute atomic E-state index is 0.292. The molecule has 0 aliphatic rings. The molecule has 112 valence electrons. The van der Waals surface area contributed by atoms with Crippen molar-refractivity contribution in [3.63, 3.8) is 0 Å². The second-order valence-electron chi connectivity index (χ2n) is 4.68. The molecular weight excluding hydrogens is 298 g/mol. The molecule has 0 fully saturated rings. The Kier molecular flexibility index (Phi) is 3.87. The van der Waals surface area contributed by atoms with Crippen molar-refractivity contribution in [2.24, 2.45) is 0 Å². The lowest BCUT2D eigenvalue weighted by atomic mass is 10.1. The highest BCUT2D eigenvalue weighted by Crippen LogP contribution is 2.25. The third-order valence-corrected chi connectivity index (χ3v) is 4.54. The number of nitrogens with two attached hydrogens (primary N) is 1. The zero-order valence-electron chi connectivity index (χ0n) is 11.4.